The zero-order valence-electron chi connectivity index (χ0n) is 7.57. The Morgan fingerprint density at radius 2 is 2.15 bits per heavy atom. The van der Waals surface area contributed by atoms with Crippen molar-refractivity contribution in [1.82, 2.24) is 5.32 Å². The molecule has 0 aromatic heterocycles. The molecule has 0 aliphatic rings. The van der Waals surface area contributed by atoms with Gasteiger partial charge in [0.25, 0.3) is 0 Å². The molecular formula is C8H12N2O3. The number of aliphatic carboxylic acids is 1. The topological polar surface area (TPSA) is 90.2 Å². The molecule has 0 bridgehead atoms. The molecule has 2 atom stereocenters. The van der Waals surface area contributed by atoms with Crippen LogP contribution >= 0.6 is 0 Å². The zero-order valence-corrected chi connectivity index (χ0v) is 7.57. The number of carbonyl (C=O) groups excluding carboxylic acids is 1. The van der Waals surface area contributed by atoms with Gasteiger partial charge in [-0.25, -0.2) is 4.79 Å². The summed E-state index contributed by atoms with van der Waals surface area (Å²) in [7, 11) is 0. The fraction of sp³-hybridized carbons (Fsp3) is 0.625. The van der Waals surface area contributed by atoms with Crippen molar-refractivity contribution in [1.29, 1.82) is 5.26 Å². The van der Waals surface area contributed by atoms with Gasteiger partial charge in [-0.3, -0.25) is 4.79 Å². The van der Waals surface area contributed by atoms with E-state index in [2.05, 4.69) is 5.32 Å². The molecule has 1 amide bonds. The number of carboxylic acids is 1. The van der Waals surface area contributed by atoms with Gasteiger partial charge in [-0.1, -0.05) is 6.92 Å². The molecule has 0 aliphatic carbocycles. The van der Waals surface area contributed by atoms with E-state index in [9.17, 15) is 9.59 Å². The summed E-state index contributed by atoms with van der Waals surface area (Å²) in [5.74, 6) is -2.30. The summed E-state index contributed by atoms with van der Waals surface area (Å²) in [6.45, 7) is 2.92. The van der Waals surface area contributed by atoms with E-state index in [4.69, 9.17) is 10.4 Å². The number of nitrogens with one attached hydrogen (secondary N) is 1. The van der Waals surface area contributed by atoms with Crippen LogP contribution in [0.3, 0.4) is 0 Å². The molecule has 72 valence electrons. The standard InChI is InChI=1S/C8H12N2O3/c1-3-6(4-9)7(8(12)13)10-5(2)11/h6-7H,3H2,1-2H3,(H,10,11)(H,12,13). The molecule has 0 aromatic rings. The Hall–Kier alpha value is -1.57. The van der Waals surface area contributed by atoms with Crippen molar-refractivity contribution in [2.75, 3.05) is 0 Å². The van der Waals surface area contributed by atoms with Crippen molar-refractivity contribution in [3.05, 3.63) is 0 Å². The molecule has 5 nitrogen and oxygen atoms in total. The molecule has 2 unspecified atom stereocenters. The van der Waals surface area contributed by atoms with Gasteiger partial charge in [0, 0.05) is 6.92 Å². The van der Waals surface area contributed by atoms with Gasteiger partial charge in [0.1, 0.15) is 6.04 Å². The lowest BCUT2D eigenvalue weighted by Gasteiger charge is -2.16. The van der Waals surface area contributed by atoms with Gasteiger partial charge in [-0.2, -0.15) is 5.26 Å². The minimum atomic E-state index is -1.18. The van der Waals surface area contributed by atoms with E-state index in [1.165, 1.54) is 6.92 Å². The molecule has 0 spiro atoms. The van der Waals surface area contributed by atoms with Gasteiger partial charge in [-0.05, 0) is 6.42 Å². The Balaban J connectivity index is 4.50. The second kappa shape index (κ2) is 5.14. The lowest BCUT2D eigenvalue weighted by atomic mass is 9.99. The highest BCUT2D eigenvalue weighted by Crippen LogP contribution is 2.07. The van der Waals surface area contributed by atoms with Crippen molar-refractivity contribution in [3.63, 3.8) is 0 Å². The van der Waals surface area contributed by atoms with Crippen molar-refractivity contribution < 1.29 is 14.7 Å². The Kier molecular flexibility index (Phi) is 4.52. The summed E-state index contributed by atoms with van der Waals surface area (Å²) in [4.78, 5) is 21.2. The van der Waals surface area contributed by atoms with Crippen LogP contribution in [0, 0.1) is 17.2 Å². The van der Waals surface area contributed by atoms with Crippen LogP contribution < -0.4 is 5.32 Å². The first-order chi connectivity index (χ1) is 6.02. The van der Waals surface area contributed by atoms with E-state index >= 15 is 0 Å². The summed E-state index contributed by atoms with van der Waals surface area (Å²) in [6.07, 6.45) is 0.397. The quantitative estimate of drug-likeness (QED) is 0.649. The predicted octanol–water partition coefficient (Wildman–Crippen LogP) is 0.125. The van der Waals surface area contributed by atoms with Crippen LogP contribution in [-0.4, -0.2) is 23.0 Å². The van der Waals surface area contributed by atoms with E-state index in [1.54, 1.807) is 6.92 Å². The molecule has 0 rings (SSSR count). The Morgan fingerprint density at radius 3 is 2.38 bits per heavy atom. The molecule has 0 radical (unpaired) electrons. The monoisotopic (exact) mass is 184 g/mol. The fourth-order valence-electron chi connectivity index (χ4n) is 0.955. The predicted molar refractivity (Wildman–Crippen MR) is 44.6 cm³/mol. The molecule has 13 heavy (non-hydrogen) atoms. The maximum absolute atomic E-state index is 10.6. The van der Waals surface area contributed by atoms with Crippen LogP contribution in [-0.2, 0) is 9.59 Å². The molecule has 0 saturated heterocycles. The molecule has 5 heteroatoms. The summed E-state index contributed by atoms with van der Waals surface area (Å²) < 4.78 is 0. The van der Waals surface area contributed by atoms with E-state index in [-0.39, 0.29) is 0 Å². The smallest absolute Gasteiger partial charge is 0.327 e. The number of hydrogen-bond donors (Lipinski definition) is 2. The zero-order chi connectivity index (χ0) is 10.4. The Bertz CT molecular complexity index is 244. The van der Waals surface area contributed by atoms with Crippen molar-refractivity contribution in [2.24, 2.45) is 5.92 Å². The van der Waals surface area contributed by atoms with Crippen LogP contribution in [0.15, 0.2) is 0 Å². The largest absolute Gasteiger partial charge is 0.480 e. The minimum absolute atomic E-state index is 0.397. The van der Waals surface area contributed by atoms with Crippen LogP contribution in [0.5, 0.6) is 0 Å². The molecule has 0 aromatic carbocycles. The Labute approximate surface area is 76.4 Å². The number of rotatable bonds is 4. The number of nitrogens with zero attached hydrogens (tertiary/aromatic N) is 1. The van der Waals surface area contributed by atoms with Crippen LogP contribution in [0.25, 0.3) is 0 Å². The molecule has 0 heterocycles. The third-order valence-electron chi connectivity index (χ3n) is 1.63. The first-order valence-corrected chi connectivity index (χ1v) is 3.92. The number of hydrogen-bond acceptors (Lipinski definition) is 3. The van der Waals surface area contributed by atoms with Gasteiger partial charge in [0.05, 0.1) is 12.0 Å². The average Bonchev–Trinajstić information content (AvgIpc) is 2.04. The molecule has 0 aliphatic heterocycles. The van der Waals surface area contributed by atoms with E-state index in [0.29, 0.717) is 6.42 Å². The van der Waals surface area contributed by atoms with Gasteiger partial charge in [0.15, 0.2) is 0 Å². The van der Waals surface area contributed by atoms with E-state index < -0.39 is 23.8 Å². The van der Waals surface area contributed by atoms with Gasteiger partial charge < -0.3 is 10.4 Å². The molecule has 0 fully saturated rings. The summed E-state index contributed by atoms with van der Waals surface area (Å²) in [6, 6.07) is 0.739. The molecule has 0 saturated carbocycles. The van der Waals surface area contributed by atoms with E-state index in [0.717, 1.165) is 0 Å². The number of carboxylic acid groups (broad SMARTS) is 1. The summed E-state index contributed by atoms with van der Waals surface area (Å²) in [5.41, 5.74) is 0. The van der Waals surface area contributed by atoms with Crippen molar-refractivity contribution >= 4 is 11.9 Å². The lowest BCUT2D eigenvalue weighted by molar-refractivity contribution is -0.142. The second-order valence-electron chi connectivity index (χ2n) is 2.66. The maximum atomic E-state index is 10.6. The third kappa shape index (κ3) is 3.56. The van der Waals surface area contributed by atoms with Crippen molar-refractivity contribution in [3.8, 4) is 6.07 Å². The average molecular weight is 184 g/mol. The second-order valence-corrected chi connectivity index (χ2v) is 2.66. The summed E-state index contributed by atoms with van der Waals surface area (Å²) >= 11 is 0. The molecule has 2 N–H and O–H groups in total. The third-order valence-corrected chi connectivity index (χ3v) is 1.63. The van der Waals surface area contributed by atoms with Crippen LogP contribution in [0.2, 0.25) is 0 Å². The van der Waals surface area contributed by atoms with Crippen LogP contribution in [0.1, 0.15) is 20.3 Å². The van der Waals surface area contributed by atoms with Gasteiger partial charge >= 0.3 is 5.97 Å². The normalized spacial score (nSPS) is 13.9. The number of amides is 1. The summed E-state index contributed by atoms with van der Waals surface area (Å²) in [5, 5.41) is 19.5. The minimum Gasteiger partial charge on any atom is -0.480 e. The SMILES string of the molecule is CCC(C#N)C(NC(C)=O)C(=O)O. The number of carbonyl (C=O) groups is 2. The van der Waals surface area contributed by atoms with Gasteiger partial charge in [-0.15, -0.1) is 0 Å². The number of nitriles is 1. The highest BCUT2D eigenvalue weighted by Gasteiger charge is 2.27. The Morgan fingerprint density at radius 1 is 1.62 bits per heavy atom. The van der Waals surface area contributed by atoms with Gasteiger partial charge in [0.2, 0.25) is 5.91 Å². The lowest BCUT2D eigenvalue weighted by Crippen LogP contribution is -2.44. The van der Waals surface area contributed by atoms with Crippen LogP contribution in [0.4, 0.5) is 0 Å². The van der Waals surface area contributed by atoms with Crippen molar-refractivity contribution in [2.45, 2.75) is 26.3 Å². The highest BCUT2D eigenvalue weighted by atomic mass is 16.4. The first kappa shape index (κ1) is 11.4. The highest BCUT2D eigenvalue weighted by molar-refractivity contribution is 5.82. The fourth-order valence-corrected chi connectivity index (χ4v) is 0.955. The molecular weight excluding hydrogens is 172 g/mol. The van der Waals surface area contributed by atoms with E-state index in [1.807, 2.05) is 6.07 Å². The first-order valence-electron chi connectivity index (χ1n) is 3.92. The maximum Gasteiger partial charge on any atom is 0.327 e.